The molecule has 1 saturated carbocycles. The average molecular weight is 495 g/mol. The van der Waals surface area contributed by atoms with Crippen molar-refractivity contribution in [3.05, 3.63) is 47.8 Å². The van der Waals surface area contributed by atoms with Crippen molar-refractivity contribution in [3.8, 4) is 0 Å². The molecule has 2 fully saturated rings. The van der Waals surface area contributed by atoms with Crippen LogP contribution < -0.4 is 4.72 Å². The van der Waals surface area contributed by atoms with Gasteiger partial charge in [-0.05, 0) is 85.7 Å². The molecule has 3 heterocycles. The molecule has 1 unspecified atom stereocenters. The van der Waals surface area contributed by atoms with Gasteiger partial charge in [-0.25, -0.2) is 4.21 Å². The number of carbonyl (C=O) groups is 1. The highest BCUT2D eigenvalue weighted by Crippen LogP contribution is 2.37. The fourth-order valence-electron chi connectivity index (χ4n) is 5.86. The van der Waals surface area contributed by atoms with E-state index in [0.717, 1.165) is 56.4 Å². The van der Waals surface area contributed by atoms with Crippen molar-refractivity contribution in [2.24, 2.45) is 13.0 Å². The Kier molecular flexibility index (Phi) is 6.71. The molecule has 7 heteroatoms. The summed E-state index contributed by atoms with van der Waals surface area (Å²) in [6.07, 6.45) is 11.6. The summed E-state index contributed by atoms with van der Waals surface area (Å²) in [6.45, 7) is 5.63. The van der Waals surface area contributed by atoms with E-state index in [2.05, 4.69) is 51.5 Å². The lowest BCUT2D eigenvalue weighted by atomic mass is 9.88. The zero-order valence-corrected chi connectivity index (χ0v) is 22.0. The highest BCUT2D eigenvalue weighted by Gasteiger charge is 2.31. The van der Waals surface area contributed by atoms with Gasteiger partial charge in [0.05, 0.1) is 9.71 Å². The monoisotopic (exact) mass is 494 g/mol. The standard InChI is InChI=1S/C28H38N4O2S/c1-4-20-16-27(29-18-20)35(34,5-2)30-23-10-11-26-24(17-23)25(19-31(26)3)21-12-14-32(15-13-21)28(33)22-8-6-7-9-22/h5,10-11,16-19,21-22,29H,4,6-9,12-15H2,1-3H3,(H,30,34). The largest absolute Gasteiger partial charge is 0.353 e. The quantitative estimate of drug-likeness (QED) is 0.447. The molecule has 0 bridgehead atoms. The first-order valence-corrected chi connectivity index (χ1v) is 14.7. The number of amides is 1. The van der Waals surface area contributed by atoms with E-state index in [1.807, 2.05) is 25.3 Å². The summed E-state index contributed by atoms with van der Waals surface area (Å²) >= 11 is 0. The van der Waals surface area contributed by atoms with Crippen molar-refractivity contribution in [1.29, 1.82) is 0 Å². The summed E-state index contributed by atoms with van der Waals surface area (Å²) in [5, 5.41) is 3.67. The van der Waals surface area contributed by atoms with Gasteiger partial charge >= 0.3 is 0 Å². The van der Waals surface area contributed by atoms with Gasteiger partial charge in [0.15, 0.2) is 0 Å². The van der Waals surface area contributed by atoms with Crippen molar-refractivity contribution in [2.45, 2.75) is 69.7 Å². The van der Waals surface area contributed by atoms with Crippen LogP contribution in [0.25, 0.3) is 10.9 Å². The van der Waals surface area contributed by atoms with E-state index in [4.69, 9.17) is 0 Å². The third-order valence-corrected chi connectivity index (χ3v) is 10.1. The summed E-state index contributed by atoms with van der Waals surface area (Å²) < 4.78 is 19.3. The highest BCUT2D eigenvalue weighted by atomic mass is 32.2. The number of rotatable bonds is 6. The van der Waals surface area contributed by atoms with E-state index in [1.165, 1.54) is 29.3 Å². The van der Waals surface area contributed by atoms with Gasteiger partial charge in [-0.3, -0.25) is 4.79 Å². The molecular formula is C28H38N4O2S. The van der Waals surface area contributed by atoms with E-state index in [9.17, 15) is 9.00 Å². The smallest absolute Gasteiger partial charge is 0.225 e. The van der Waals surface area contributed by atoms with Gasteiger partial charge in [0.25, 0.3) is 0 Å². The van der Waals surface area contributed by atoms with Gasteiger partial charge in [0, 0.05) is 55.0 Å². The molecular weight excluding hydrogens is 456 g/mol. The molecule has 6 nitrogen and oxygen atoms in total. The minimum Gasteiger partial charge on any atom is -0.353 e. The van der Waals surface area contributed by atoms with E-state index < -0.39 is 9.71 Å². The van der Waals surface area contributed by atoms with Gasteiger partial charge in [-0.15, -0.1) is 0 Å². The lowest BCUT2D eigenvalue weighted by Gasteiger charge is -2.33. The number of H-pyrrole nitrogens is 1. The van der Waals surface area contributed by atoms with E-state index in [0.29, 0.717) is 16.9 Å². The predicted octanol–water partition coefficient (Wildman–Crippen LogP) is 5.46. The molecule has 1 saturated heterocycles. The molecule has 1 aromatic carbocycles. The number of benzene rings is 1. The minimum atomic E-state index is -2.55. The molecule has 0 radical (unpaired) electrons. The SMILES string of the molecule is CC=S(=O)(Nc1ccc2c(c1)c(C1CCN(C(=O)C3CCCC3)CC1)cn2C)c1cc(CC)c[nH]1. The van der Waals surface area contributed by atoms with Crippen molar-refractivity contribution < 1.29 is 9.00 Å². The zero-order valence-electron chi connectivity index (χ0n) is 21.2. The number of aromatic nitrogens is 2. The van der Waals surface area contributed by atoms with Crippen molar-refractivity contribution >= 4 is 37.6 Å². The topological polar surface area (TPSA) is 70.1 Å². The summed E-state index contributed by atoms with van der Waals surface area (Å²) in [5.74, 6) is 1.07. The maximum Gasteiger partial charge on any atom is 0.225 e. The minimum absolute atomic E-state index is 0.260. The fourth-order valence-corrected chi connectivity index (χ4v) is 7.38. The number of carbonyl (C=O) groups excluding carboxylic acids is 1. The number of nitrogens with one attached hydrogen (secondary N) is 2. The van der Waals surface area contributed by atoms with Gasteiger partial charge < -0.3 is 19.2 Å². The maximum absolute atomic E-state index is 13.8. The number of hydrogen-bond donors (Lipinski definition) is 2. The molecule has 1 amide bonds. The van der Waals surface area contributed by atoms with Crippen LogP contribution in [-0.2, 0) is 28.0 Å². The molecule has 1 aliphatic heterocycles. The van der Waals surface area contributed by atoms with Crippen molar-refractivity contribution in [1.82, 2.24) is 14.5 Å². The number of nitrogens with zero attached hydrogens (tertiary/aromatic N) is 2. The van der Waals surface area contributed by atoms with Crippen LogP contribution in [-0.4, -0.2) is 43.0 Å². The molecule has 5 rings (SSSR count). The highest BCUT2D eigenvalue weighted by molar-refractivity contribution is 8.02. The average Bonchev–Trinajstić information content (AvgIpc) is 3.64. The summed E-state index contributed by atoms with van der Waals surface area (Å²) in [5.41, 5.74) is 4.51. The molecule has 3 aromatic rings. The second-order valence-corrected chi connectivity index (χ2v) is 12.5. The third kappa shape index (κ3) is 4.63. The Morgan fingerprint density at radius 1 is 1.17 bits per heavy atom. The van der Waals surface area contributed by atoms with Crippen LogP contribution in [0.4, 0.5) is 5.69 Å². The Morgan fingerprint density at radius 3 is 2.57 bits per heavy atom. The van der Waals surface area contributed by atoms with Gasteiger partial charge in [0.2, 0.25) is 5.91 Å². The number of likely N-dealkylation sites (tertiary alicyclic amines) is 1. The molecule has 1 atom stereocenters. The molecule has 2 aliphatic rings. The van der Waals surface area contributed by atoms with E-state index in [-0.39, 0.29) is 5.92 Å². The first-order chi connectivity index (χ1) is 16.9. The summed E-state index contributed by atoms with van der Waals surface area (Å²) in [7, 11) is -0.465. The van der Waals surface area contributed by atoms with Crippen LogP contribution in [0.2, 0.25) is 0 Å². The van der Waals surface area contributed by atoms with Crippen molar-refractivity contribution in [3.63, 3.8) is 0 Å². The van der Waals surface area contributed by atoms with Crippen LogP contribution in [0.3, 0.4) is 0 Å². The Morgan fingerprint density at radius 2 is 1.91 bits per heavy atom. The zero-order chi connectivity index (χ0) is 24.6. The van der Waals surface area contributed by atoms with E-state index in [1.54, 1.807) is 5.37 Å². The van der Waals surface area contributed by atoms with Gasteiger partial charge in [-0.2, -0.15) is 0 Å². The van der Waals surface area contributed by atoms with Crippen molar-refractivity contribution in [2.75, 3.05) is 17.8 Å². The summed E-state index contributed by atoms with van der Waals surface area (Å²) in [4.78, 5) is 18.2. The number of aryl methyl sites for hydroxylation is 2. The van der Waals surface area contributed by atoms with Crippen LogP contribution in [0, 0.1) is 5.92 Å². The fraction of sp³-hybridized carbons (Fsp3) is 0.500. The second-order valence-electron chi connectivity index (χ2n) is 10.2. The number of anilines is 1. The normalized spacial score (nSPS) is 19.2. The molecule has 35 heavy (non-hydrogen) atoms. The number of aromatic amines is 1. The number of piperidine rings is 1. The first kappa shape index (κ1) is 24.0. The first-order valence-electron chi connectivity index (χ1n) is 13.1. The Bertz CT molecular complexity index is 1330. The number of fused-ring (bicyclic) bond motifs is 1. The molecule has 2 aromatic heterocycles. The van der Waals surface area contributed by atoms with Gasteiger partial charge in [0.1, 0.15) is 5.03 Å². The predicted molar refractivity (Wildman–Crippen MR) is 145 cm³/mol. The molecule has 188 valence electrons. The van der Waals surface area contributed by atoms with Crippen LogP contribution in [0.5, 0.6) is 0 Å². The van der Waals surface area contributed by atoms with Crippen LogP contribution in [0.15, 0.2) is 41.7 Å². The van der Waals surface area contributed by atoms with E-state index >= 15 is 0 Å². The van der Waals surface area contributed by atoms with Gasteiger partial charge in [-0.1, -0.05) is 19.8 Å². The lowest BCUT2D eigenvalue weighted by molar-refractivity contribution is -0.136. The second kappa shape index (κ2) is 9.76. The summed E-state index contributed by atoms with van der Waals surface area (Å²) in [6, 6.07) is 8.26. The third-order valence-electron chi connectivity index (χ3n) is 8.02. The molecule has 2 N–H and O–H groups in total. The maximum atomic E-state index is 13.8. The Balaban J connectivity index is 1.37. The Labute approximate surface area is 209 Å². The van der Waals surface area contributed by atoms with Crippen LogP contribution >= 0.6 is 0 Å². The number of hydrogen-bond acceptors (Lipinski definition) is 2. The lowest BCUT2D eigenvalue weighted by Crippen LogP contribution is -2.40. The molecule has 1 aliphatic carbocycles. The molecule has 0 spiro atoms. The van der Waals surface area contributed by atoms with Crippen LogP contribution in [0.1, 0.15) is 69.4 Å². The Hall–Kier alpha value is -2.67.